The largest absolute Gasteiger partial charge is 0.480 e. The Bertz CT molecular complexity index is 241. The Morgan fingerprint density at radius 2 is 2.14 bits per heavy atom. The van der Waals surface area contributed by atoms with E-state index in [1.54, 1.807) is 0 Å². The van der Waals surface area contributed by atoms with E-state index in [-0.39, 0.29) is 6.04 Å². The Hall–Kier alpha value is -0.570. The zero-order chi connectivity index (χ0) is 10.3. The summed E-state index contributed by atoms with van der Waals surface area (Å²) in [5.41, 5.74) is 0. The lowest BCUT2D eigenvalue weighted by molar-refractivity contribution is -0.142. The molecule has 0 aromatic heterocycles. The molecule has 2 fully saturated rings. The van der Waals surface area contributed by atoms with Crippen molar-refractivity contribution in [2.75, 3.05) is 7.05 Å². The molecular formula is C11H19NO2. The highest BCUT2D eigenvalue weighted by Crippen LogP contribution is 2.41. The molecule has 4 atom stereocenters. The summed E-state index contributed by atoms with van der Waals surface area (Å²) in [6, 6.07) is 0.287. The second kappa shape index (κ2) is 3.54. The fraction of sp³-hybridized carbons (Fsp3) is 0.909. The van der Waals surface area contributed by atoms with Crippen molar-refractivity contribution in [2.24, 2.45) is 11.8 Å². The van der Waals surface area contributed by atoms with Crippen LogP contribution in [0.25, 0.3) is 0 Å². The number of likely N-dealkylation sites (tertiary alicyclic amines) is 1. The van der Waals surface area contributed by atoms with Crippen molar-refractivity contribution >= 4 is 5.97 Å². The smallest absolute Gasteiger partial charge is 0.320 e. The molecule has 3 nitrogen and oxygen atoms in total. The molecule has 1 aliphatic carbocycles. The number of carboxylic acid groups (broad SMARTS) is 1. The van der Waals surface area contributed by atoms with Gasteiger partial charge in [0.1, 0.15) is 6.04 Å². The molecule has 0 radical (unpaired) electrons. The molecule has 1 aliphatic heterocycles. The van der Waals surface area contributed by atoms with Gasteiger partial charge < -0.3 is 5.11 Å². The standard InChI is InChI=1S/C11H19NO2/c1-7-4-3-5-8-6-9(11(13)14)12(2)10(7)8/h7-10H,3-6H2,1-2H3,(H,13,14). The fourth-order valence-corrected chi connectivity index (χ4v) is 3.44. The molecule has 0 aromatic carbocycles. The minimum atomic E-state index is -0.644. The Morgan fingerprint density at radius 1 is 1.43 bits per heavy atom. The maximum atomic E-state index is 11.0. The van der Waals surface area contributed by atoms with Gasteiger partial charge in [0.15, 0.2) is 0 Å². The monoisotopic (exact) mass is 197 g/mol. The van der Waals surface area contributed by atoms with Crippen LogP contribution in [0, 0.1) is 11.8 Å². The fourth-order valence-electron chi connectivity index (χ4n) is 3.44. The molecule has 3 heteroatoms. The summed E-state index contributed by atoms with van der Waals surface area (Å²) in [5.74, 6) is 0.655. The van der Waals surface area contributed by atoms with E-state index in [9.17, 15) is 4.79 Å². The summed E-state index contributed by atoms with van der Waals surface area (Å²) in [7, 11) is 1.98. The Morgan fingerprint density at radius 3 is 2.71 bits per heavy atom. The van der Waals surface area contributed by atoms with E-state index < -0.39 is 5.97 Å². The molecule has 80 valence electrons. The van der Waals surface area contributed by atoms with Crippen LogP contribution >= 0.6 is 0 Å². The van der Waals surface area contributed by atoms with E-state index >= 15 is 0 Å². The number of nitrogens with zero attached hydrogens (tertiary/aromatic N) is 1. The Labute approximate surface area is 85.1 Å². The molecular weight excluding hydrogens is 178 g/mol. The summed E-state index contributed by atoms with van der Waals surface area (Å²) in [6.07, 6.45) is 4.63. The predicted molar refractivity (Wildman–Crippen MR) is 54.1 cm³/mol. The van der Waals surface area contributed by atoms with Crippen molar-refractivity contribution in [3.8, 4) is 0 Å². The third kappa shape index (κ3) is 1.44. The number of carbonyl (C=O) groups is 1. The van der Waals surface area contributed by atoms with Crippen LogP contribution in [0.3, 0.4) is 0 Å². The van der Waals surface area contributed by atoms with Crippen LogP contribution in [-0.2, 0) is 4.79 Å². The number of rotatable bonds is 1. The quantitative estimate of drug-likeness (QED) is 0.694. The Balaban J connectivity index is 2.15. The van der Waals surface area contributed by atoms with Gasteiger partial charge in [0.2, 0.25) is 0 Å². The molecule has 0 amide bonds. The van der Waals surface area contributed by atoms with E-state index in [1.807, 2.05) is 7.05 Å². The second-order valence-electron chi connectivity index (χ2n) is 4.91. The van der Waals surface area contributed by atoms with Gasteiger partial charge in [-0.15, -0.1) is 0 Å². The van der Waals surface area contributed by atoms with Crippen LogP contribution in [0.5, 0.6) is 0 Å². The first kappa shape index (κ1) is 9.97. The van der Waals surface area contributed by atoms with Gasteiger partial charge in [-0.25, -0.2) is 0 Å². The first-order chi connectivity index (χ1) is 6.61. The minimum Gasteiger partial charge on any atom is -0.480 e. The highest BCUT2D eigenvalue weighted by atomic mass is 16.4. The van der Waals surface area contributed by atoms with Gasteiger partial charge in [-0.05, 0) is 38.1 Å². The lowest BCUT2D eigenvalue weighted by atomic mass is 9.78. The number of hydrogen-bond acceptors (Lipinski definition) is 2. The number of likely N-dealkylation sites (N-methyl/N-ethyl adjacent to an activating group) is 1. The zero-order valence-corrected chi connectivity index (χ0v) is 8.94. The molecule has 1 saturated heterocycles. The third-order valence-electron chi connectivity index (χ3n) is 4.07. The van der Waals surface area contributed by atoms with E-state index in [4.69, 9.17) is 5.11 Å². The van der Waals surface area contributed by atoms with Gasteiger partial charge in [0.05, 0.1) is 0 Å². The van der Waals surface area contributed by atoms with Gasteiger partial charge in [-0.3, -0.25) is 9.69 Å². The molecule has 1 heterocycles. The van der Waals surface area contributed by atoms with Gasteiger partial charge in [0.25, 0.3) is 0 Å². The number of hydrogen-bond donors (Lipinski definition) is 1. The summed E-state index contributed by atoms with van der Waals surface area (Å²) in [6.45, 7) is 2.26. The molecule has 2 rings (SSSR count). The van der Waals surface area contributed by atoms with Crippen molar-refractivity contribution < 1.29 is 9.90 Å². The number of carboxylic acids is 1. The SMILES string of the molecule is CC1CCCC2CC(C(=O)O)N(C)C12. The summed E-state index contributed by atoms with van der Waals surface area (Å²) >= 11 is 0. The lowest BCUT2D eigenvalue weighted by Crippen LogP contribution is -2.42. The molecule has 1 saturated carbocycles. The van der Waals surface area contributed by atoms with Crippen molar-refractivity contribution in [1.82, 2.24) is 4.90 Å². The van der Waals surface area contributed by atoms with Gasteiger partial charge in [-0.1, -0.05) is 13.3 Å². The van der Waals surface area contributed by atoms with Crippen molar-refractivity contribution in [1.29, 1.82) is 0 Å². The molecule has 0 bridgehead atoms. The average molecular weight is 197 g/mol. The van der Waals surface area contributed by atoms with Crippen molar-refractivity contribution in [2.45, 2.75) is 44.7 Å². The minimum absolute atomic E-state index is 0.231. The van der Waals surface area contributed by atoms with E-state index in [0.717, 1.165) is 6.42 Å². The normalized spacial score (nSPS) is 43.6. The van der Waals surface area contributed by atoms with Gasteiger partial charge in [-0.2, -0.15) is 0 Å². The highest BCUT2D eigenvalue weighted by Gasteiger charge is 2.45. The first-order valence-corrected chi connectivity index (χ1v) is 5.56. The third-order valence-corrected chi connectivity index (χ3v) is 4.07. The average Bonchev–Trinajstić information content (AvgIpc) is 2.45. The summed E-state index contributed by atoms with van der Waals surface area (Å²) < 4.78 is 0. The second-order valence-corrected chi connectivity index (χ2v) is 4.91. The van der Waals surface area contributed by atoms with Crippen LogP contribution in [0.4, 0.5) is 0 Å². The lowest BCUT2D eigenvalue weighted by Gasteiger charge is -2.35. The molecule has 0 spiro atoms. The molecule has 4 unspecified atom stereocenters. The van der Waals surface area contributed by atoms with Crippen LogP contribution in [0.1, 0.15) is 32.6 Å². The summed E-state index contributed by atoms with van der Waals surface area (Å²) in [4.78, 5) is 13.1. The molecule has 14 heavy (non-hydrogen) atoms. The number of aliphatic carboxylic acids is 1. The topological polar surface area (TPSA) is 40.5 Å². The van der Waals surface area contributed by atoms with Crippen LogP contribution < -0.4 is 0 Å². The van der Waals surface area contributed by atoms with Gasteiger partial charge in [0, 0.05) is 6.04 Å². The van der Waals surface area contributed by atoms with Gasteiger partial charge >= 0.3 is 5.97 Å². The van der Waals surface area contributed by atoms with Crippen LogP contribution in [0.15, 0.2) is 0 Å². The van der Waals surface area contributed by atoms with Crippen LogP contribution in [0.2, 0.25) is 0 Å². The molecule has 2 aliphatic rings. The highest BCUT2D eigenvalue weighted by molar-refractivity contribution is 5.74. The van der Waals surface area contributed by atoms with E-state index in [2.05, 4.69) is 11.8 Å². The van der Waals surface area contributed by atoms with E-state index in [0.29, 0.717) is 17.9 Å². The van der Waals surface area contributed by atoms with Crippen molar-refractivity contribution in [3.05, 3.63) is 0 Å². The zero-order valence-electron chi connectivity index (χ0n) is 8.94. The first-order valence-electron chi connectivity index (χ1n) is 5.56. The Kier molecular flexibility index (Phi) is 2.52. The van der Waals surface area contributed by atoms with Crippen LogP contribution in [-0.4, -0.2) is 35.1 Å². The predicted octanol–water partition coefficient (Wildman–Crippen LogP) is 1.58. The number of fused-ring (bicyclic) bond motifs is 1. The molecule has 1 N–H and O–H groups in total. The maximum absolute atomic E-state index is 11.0. The maximum Gasteiger partial charge on any atom is 0.320 e. The van der Waals surface area contributed by atoms with Crippen molar-refractivity contribution in [3.63, 3.8) is 0 Å². The summed E-state index contributed by atoms with van der Waals surface area (Å²) in [5, 5.41) is 9.08. The molecule has 0 aromatic rings. The van der Waals surface area contributed by atoms with E-state index in [1.165, 1.54) is 19.3 Å².